The van der Waals surface area contributed by atoms with E-state index in [0.29, 0.717) is 13.1 Å². The first-order chi connectivity index (χ1) is 12.2. The smallest absolute Gasteiger partial charge is 0.338 e. The van der Waals surface area contributed by atoms with E-state index in [2.05, 4.69) is 0 Å². The Morgan fingerprint density at radius 2 is 1.73 bits per heavy atom. The molecule has 1 aliphatic heterocycles. The monoisotopic (exact) mass is 382 g/mol. The van der Waals surface area contributed by atoms with Crippen molar-refractivity contribution in [2.24, 2.45) is 0 Å². The third kappa shape index (κ3) is 4.82. The number of benzene rings is 1. The van der Waals surface area contributed by atoms with Gasteiger partial charge >= 0.3 is 5.97 Å². The summed E-state index contributed by atoms with van der Waals surface area (Å²) < 4.78 is 32.3. The van der Waals surface area contributed by atoms with E-state index in [0.717, 1.165) is 25.7 Å². The number of likely N-dealkylation sites (N-methyl/N-ethyl adjacent to an activating group) is 1. The van der Waals surface area contributed by atoms with Gasteiger partial charge in [0.15, 0.2) is 6.10 Å². The lowest BCUT2D eigenvalue weighted by Gasteiger charge is -2.20. The Hall–Kier alpha value is -1.93. The molecule has 1 aromatic carbocycles. The van der Waals surface area contributed by atoms with Crippen molar-refractivity contribution in [1.82, 2.24) is 9.21 Å². The normalized spacial score (nSPS) is 17.2. The van der Waals surface area contributed by atoms with Gasteiger partial charge in [-0.15, -0.1) is 0 Å². The lowest BCUT2D eigenvalue weighted by atomic mass is 10.2. The number of rotatable bonds is 5. The number of ether oxygens (including phenoxy) is 1. The molecule has 1 atom stereocenters. The number of nitrogens with zero attached hydrogens (tertiary/aromatic N) is 2. The fourth-order valence-corrected chi connectivity index (χ4v) is 4.42. The minimum absolute atomic E-state index is 0.0699. The lowest BCUT2D eigenvalue weighted by molar-refractivity contribution is -0.137. The maximum Gasteiger partial charge on any atom is 0.338 e. The molecule has 1 heterocycles. The van der Waals surface area contributed by atoms with Gasteiger partial charge in [0, 0.05) is 27.2 Å². The molecule has 0 unspecified atom stereocenters. The average molecular weight is 382 g/mol. The van der Waals surface area contributed by atoms with Crippen molar-refractivity contribution in [2.75, 3.05) is 27.2 Å². The summed E-state index contributed by atoms with van der Waals surface area (Å²) in [5.74, 6) is -1.06. The van der Waals surface area contributed by atoms with E-state index in [1.54, 1.807) is 14.1 Å². The molecule has 1 saturated heterocycles. The van der Waals surface area contributed by atoms with Gasteiger partial charge in [-0.2, -0.15) is 4.31 Å². The lowest BCUT2D eigenvalue weighted by Crippen LogP contribution is -2.35. The molecule has 26 heavy (non-hydrogen) atoms. The maximum atomic E-state index is 12.8. The Bertz CT molecular complexity index is 753. The van der Waals surface area contributed by atoms with Gasteiger partial charge in [-0.3, -0.25) is 4.79 Å². The number of esters is 1. The van der Waals surface area contributed by atoms with Gasteiger partial charge in [-0.05, 0) is 38.0 Å². The molecule has 0 bridgehead atoms. The van der Waals surface area contributed by atoms with Crippen LogP contribution in [-0.2, 0) is 19.6 Å². The first-order valence-corrected chi connectivity index (χ1v) is 10.2. The Labute approximate surface area is 155 Å². The summed E-state index contributed by atoms with van der Waals surface area (Å²) in [6.45, 7) is 2.47. The molecule has 2 rings (SSSR count). The van der Waals surface area contributed by atoms with E-state index in [-0.39, 0.29) is 16.4 Å². The van der Waals surface area contributed by atoms with Crippen LogP contribution in [0.25, 0.3) is 0 Å². The van der Waals surface area contributed by atoms with Gasteiger partial charge < -0.3 is 9.64 Å². The van der Waals surface area contributed by atoms with Crippen LogP contribution < -0.4 is 0 Å². The highest BCUT2D eigenvalue weighted by Gasteiger charge is 2.27. The van der Waals surface area contributed by atoms with Crippen LogP contribution in [0.4, 0.5) is 0 Å². The van der Waals surface area contributed by atoms with Crippen molar-refractivity contribution in [1.29, 1.82) is 0 Å². The van der Waals surface area contributed by atoms with Crippen LogP contribution in [0.3, 0.4) is 0 Å². The van der Waals surface area contributed by atoms with Gasteiger partial charge in [0.25, 0.3) is 5.91 Å². The summed E-state index contributed by atoms with van der Waals surface area (Å²) in [6, 6.07) is 5.79. The van der Waals surface area contributed by atoms with E-state index in [9.17, 15) is 18.0 Å². The Morgan fingerprint density at radius 1 is 1.12 bits per heavy atom. The molecule has 0 spiro atoms. The van der Waals surface area contributed by atoms with Gasteiger partial charge in [0.1, 0.15) is 0 Å². The van der Waals surface area contributed by atoms with Crippen molar-refractivity contribution >= 4 is 21.9 Å². The molecule has 1 fully saturated rings. The fourth-order valence-electron chi connectivity index (χ4n) is 2.86. The molecule has 1 aromatic rings. The van der Waals surface area contributed by atoms with E-state index in [1.165, 1.54) is 40.4 Å². The van der Waals surface area contributed by atoms with Crippen molar-refractivity contribution in [3.05, 3.63) is 29.8 Å². The second-order valence-corrected chi connectivity index (χ2v) is 8.56. The van der Waals surface area contributed by atoms with E-state index < -0.39 is 22.1 Å². The molecular weight excluding hydrogens is 356 g/mol. The second-order valence-electron chi connectivity index (χ2n) is 6.63. The van der Waals surface area contributed by atoms with Crippen molar-refractivity contribution in [3.8, 4) is 0 Å². The predicted octanol–water partition coefficient (Wildman–Crippen LogP) is 1.88. The zero-order chi connectivity index (χ0) is 19.3. The van der Waals surface area contributed by atoms with Crippen LogP contribution >= 0.6 is 0 Å². The minimum atomic E-state index is -3.65. The zero-order valence-electron chi connectivity index (χ0n) is 15.5. The number of amides is 1. The second kappa shape index (κ2) is 8.64. The summed E-state index contributed by atoms with van der Waals surface area (Å²) in [6.07, 6.45) is 2.78. The first kappa shape index (κ1) is 20.4. The third-order valence-corrected chi connectivity index (χ3v) is 6.24. The molecule has 0 aliphatic carbocycles. The third-order valence-electron chi connectivity index (χ3n) is 4.34. The highest BCUT2D eigenvalue weighted by molar-refractivity contribution is 7.89. The quantitative estimate of drug-likeness (QED) is 0.726. The molecule has 8 heteroatoms. The number of hydrogen-bond donors (Lipinski definition) is 0. The highest BCUT2D eigenvalue weighted by Crippen LogP contribution is 2.21. The summed E-state index contributed by atoms with van der Waals surface area (Å²) >= 11 is 0. The Morgan fingerprint density at radius 3 is 2.31 bits per heavy atom. The average Bonchev–Trinajstić information content (AvgIpc) is 2.90. The Kier molecular flexibility index (Phi) is 6.77. The van der Waals surface area contributed by atoms with Crippen LogP contribution in [0, 0.1) is 0 Å². The van der Waals surface area contributed by atoms with Crippen molar-refractivity contribution in [3.63, 3.8) is 0 Å². The largest absolute Gasteiger partial charge is 0.449 e. The molecule has 0 saturated carbocycles. The maximum absolute atomic E-state index is 12.8. The first-order valence-electron chi connectivity index (χ1n) is 8.76. The van der Waals surface area contributed by atoms with Gasteiger partial charge in [0.2, 0.25) is 10.0 Å². The van der Waals surface area contributed by atoms with Crippen LogP contribution in [-0.4, -0.2) is 62.8 Å². The highest BCUT2D eigenvalue weighted by atomic mass is 32.2. The molecule has 0 radical (unpaired) electrons. The van der Waals surface area contributed by atoms with E-state index in [1.807, 2.05) is 0 Å². The molecule has 0 N–H and O–H groups in total. The molecule has 1 aliphatic rings. The number of carbonyl (C=O) groups is 2. The fraction of sp³-hybridized carbons (Fsp3) is 0.556. The Balaban J connectivity index is 2.18. The summed E-state index contributed by atoms with van der Waals surface area (Å²) in [5, 5.41) is 0. The van der Waals surface area contributed by atoms with Crippen LogP contribution in [0.1, 0.15) is 43.0 Å². The van der Waals surface area contributed by atoms with Gasteiger partial charge in [-0.1, -0.05) is 18.9 Å². The van der Waals surface area contributed by atoms with Crippen molar-refractivity contribution in [2.45, 2.75) is 43.6 Å². The topological polar surface area (TPSA) is 84.0 Å². The van der Waals surface area contributed by atoms with E-state index in [4.69, 9.17) is 4.74 Å². The van der Waals surface area contributed by atoms with Gasteiger partial charge in [-0.25, -0.2) is 13.2 Å². The SMILES string of the molecule is C[C@H](OC(=O)c1cccc(S(=O)(=O)N2CCCCCC2)c1)C(=O)N(C)C. The zero-order valence-corrected chi connectivity index (χ0v) is 16.3. The molecule has 1 amide bonds. The molecule has 144 valence electrons. The summed E-state index contributed by atoms with van der Waals surface area (Å²) in [4.78, 5) is 25.5. The van der Waals surface area contributed by atoms with E-state index >= 15 is 0 Å². The summed E-state index contributed by atoms with van der Waals surface area (Å²) in [5.41, 5.74) is 0.110. The standard InChI is InChI=1S/C18H26N2O5S/c1-14(17(21)19(2)3)25-18(22)15-9-8-10-16(13-15)26(23,24)20-11-6-4-5-7-12-20/h8-10,13-14H,4-7,11-12H2,1-3H3/t14-/m0/s1. The van der Waals surface area contributed by atoms with Crippen LogP contribution in [0.5, 0.6) is 0 Å². The minimum Gasteiger partial charge on any atom is -0.449 e. The summed E-state index contributed by atoms with van der Waals surface area (Å²) in [7, 11) is -0.508. The molecule has 0 aromatic heterocycles. The predicted molar refractivity (Wildman–Crippen MR) is 97.2 cm³/mol. The van der Waals surface area contributed by atoms with Crippen LogP contribution in [0.2, 0.25) is 0 Å². The molecule has 7 nitrogen and oxygen atoms in total. The van der Waals surface area contributed by atoms with Crippen LogP contribution in [0.15, 0.2) is 29.2 Å². The number of hydrogen-bond acceptors (Lipinski definition) is 5. The van der Waals surface area contributed by atoms with Gasteiger partial charge in [0.05, 0.1) is 10.5 Å². The van der Waals surface area contributed by atoms with Crippen molar-refractivity contribution < 1.29 is 22.7 Å². The number of sulfonamides is 1. The molecular formula is C18H26N2O5S. The number of carbonyl (C=O) groups excluding carboxylic acids is 2.